The Hall–Kier alpha value is -2.76. The van der Waals surface area contributed by atoms with Gasteiger partial charge in [0.15, 0.2) is 11.6 Å². The summed E-state index contributed by atoms with van der Waals surface area (Å²) in [7, 11) is 0. The molecule has 1 aliphatic carbocycles. The number of carbonyl (C=O) groups is 1. The van der Waals surface area contributed by atoms with Crippen LogP contribution in [0.25, 0.3) is 5.82 Å². The SMILES string of the molecule is CCc1nc(C(=O)NCC2(O)CCC(C)CC2)c(C)n1-c1ncc(CCCC(F)(F)F)cc1OC(F)F. The standard InChI is InChI=1S/C25H33F5N4O3/c1-4-19-33-20(22(35)32-14-24(36)10-7-15(2)8-11-24)16(3)34(19)21-18(37-23(26)27)12-17(13-31-21)6-5-9-25(28,29)30/h12-13,15,23,36H,4-11,14H2,1-3H3,(H,32,35). The zero-order valence-corrected chi connectivity index (χ0v) is 21.2. The molecule has 0 radical (unpaired) electrons. The Morgan fingerprint density at radius 3 is 2.59 bits per heavy atom. The number of alkyl halides is 5. The molecule has 1 saturated carbocycles. The normalized spacial score (nSPS) is 20.3. The molecule has 0 aromatic carbocycles. The molecule has 0 bridgehead atoms. The Bertz CT molecular complexity index is 1080. The van der Waals surface area contributed by atoms with Gasteiger partial charge in [-0.15, -0.1) is 0 Å². The van der Waals surface area contributed by atoms with Crippen molar-refractivity contribution in [1.29, 1.82) is 0 Å². The van der Waals surface area contributed by atoms with E-state index in [9.17, 15) is 31.9 Å². The minimum absolute atomic E-state index is 0.0225. The van der Waals surface area contributed by atoms with E-state index >= 15 is 0 Å². The lowest BCUT2D eigenvalue weighted by Crippen LogP contribution is -2.45. The Morgan fingerprint density at radius 1 is 1.32 bits per heavy atom. The number of hydrogen-bond acceptors (Lipinski definition) is 5. The van der Waals surface area contributed by atoms with Gasteiger partial charge in [0.25, 0.3) is 5.91 Å². The zero-order valence-electron chi connectivity index (χ0n) is 21.2. The summed E-state index contributed by atoms with van der Waals surface area (Å²) in [6.07, 6.45) is -1.04. The molecular formula is C25H33F5N4O3. The summed E-state index contributed by atoms with van der Waals surface area (Å²) in [4.78, 5) is 21.6. The predicted molar refractivity (Wildman–Crippen MR) is 126 cm³/mol. The van der Waals surface area contributed by atoms with Gasteiger partial charge in [0.1, 0.15) is 11.5 Å². The Labute approximate surface area is 212 Å². The van der Waals surface area contributed by atoms with Crippen molar-refractivity contribution in [3.8, 4) is 11.6 Å². The minimum Gasteiger partial charge on any atom is -0.431 e. The van der Waals surface area contributed by atoms with Gasteiger partial charge in [-0.3, -0.25) is 9.36 Å². The van der Waals surface area contributed by atoms with Gasteiger partial charge in [-0.25, -0.2) is 9.97 Å². The van der Waals surface area contributed by atoms with Crippen LogP contribution in [0.5, 0.6) is 5.75 Å². The highest BCUT2D eigenvalue weighted by Gasteiger charge is 2.33. The lowest BCUT2D eigenvalue weighted by molar-refractivity contribution is -0.135. The van der Waals surface area contributed by atoms with Crippen molar-refractivity contribution in [2.75, 3.05) is 6.54 Å². The zero-order chi connectivity index (χ0) is 27.4. The third-order valence-corrected chi connectivity index (χ3v) is 6.73. The van der Waals surface area contributed by atoms with Crippen molar-refractivity contribution in [1.82, 2.24) is 19.9 Å². The first-order valence-electron chi connectivity index (χ1n) is 12.4. The number of halogens is 5. The fraction of sp³-hybridized carbons (Fsp3) is 0.640. The van der Waals surface area contributed by atoms with Crippen LogP contribution in [-0.2, 0) is 12.8 Å². The number of hydrogen-bond donors (Lipinski definition) is 2. The van der Waals surface area contributed by atoms with Crippen LogP contribution in [0, 0.1) is 12.8 Å². The highest BCUT2D eigenvalue weighted by atomic mass is 19.4. The topological polar surface area (TPSA) is 89.3 Å². The molecule has 0 unspecified atom stereocenters. The van der Waals surface area contributed by atoms with E-state index in [-0.39, 0.29) is 36.6 Å². The van der Waals surface area contributed by atoms with Crippen molar-refractivity contribution >= 4 is 5.91 Å². The highest BCUT2D eigenvalue weighted by molar-refractivity contribution is 5.93. The summed E-state index contributed by atoms with van der Waals surface area (Å²) in [6.45, 7) is 2.35. The largest absolute Gasteiger partial charge is 0.431 e. The molecule has 0 spiro atoms. The number of aromatic nitrogens is 3. The van der Waals surface area contributed by atoms with Crippen molar-refractivity contribution < 1.29 is 36.6 Å². The number of imidazole rings is 1. The molecule has 2 N–H and O–H groups in total. The molecule has 2 aromatic heterocycles. The van der Waals surface area contributed by atoms with Gasteiger partial charge in [0.05, 0.1) is 11.3 Å². The van der Waals surface area contributed by atoms with Gasteiger partial charge in [0.2, 0.25) is 0 Å². The number of nitrogens with zero attached hydrogens (tertiary/aromatic N) is 3. The molecular weight excluding hydrogens is 499 g/mol. The maximum atomic E-state index is 13.2. The Morgan fingerprint density at radius 2 is 2.00 bits per heavy atom. The van der Waals surface area contributed by atoms with Crippen molar-refractivity contribution in [2.45, 2.75) is 90.5 Å². The number of carbonyl (C=O) groups excluding carboxylic acids is 1. The highest BCUT2D eigenvalue weighted by Crippen LogP contribution is 2.32. The first kappa shape index (κ1) is 28.8. The number of aryl methyl sites for hydroxylation is 2. The molecule has 0 atom stereocenters. The molecule has 1 amide bonds. The molecule has 3 rings (SSSR count). The summed E-state index contributed by atoms with van der Waals surface area (Å²) in [6, 6.07) is 1.24. The molecule has 2 aromatic rings. The number of ether oxygens (including phenoxy) is 1. The molecule has 1 fully saturated rings. The fourth-order valence-electron chi connectivity index (χ4n) is 4.56. The lowest BCUT2D eigenvalue weighted by atomic mass is 9.79. The number of nitrogens with one attached hydrogen (secondary N) is 1. The second-order valence-electron chi connectivity index (χ2n) is 9.75. The lowest BCUT2D eigenvalue weighted by Gasteiger charge is -2.34. The first-order valence-corrected chi connectivity index (χ1v) is 12.4. The number of rotatable bonds is 10. The van der Waals surface area contributed by atoms with Crippen molar-refractivity contribution in [3.63, 3.8) is 0 Å². The van der Waals surface area contributed by atoms with Crippen molar-refractivity contribution in [3.05, 3.63) is 35.0 Å². The molecule has 2 heterocycles. The van der Waals surface area contributed by atoms with Gasteiger partial charge in [-0.2, -0.15) is 22.0 Å². The maximum absolute atomic E-state index is 13.2. The Kier molecular flexibility index (Phi) is 9.14. The number of amides is 1. The van der Waals surface area contributed by atoms with E-state index in [1.54, 1.807) is 13.8 Å². The van der Waals surface area contributed by atoms with E-state index in [1.165, 1.54) is 16.8 Å². The van der Waals surface area contributed by atoms with Crippen molar-refractivity contribution in [2.24, 2.45) is 5.92 Å². The van der Waals surface area contributed by atoms with Crippen LogP contribution in [0.1, 0.15) is 79.9 Å². The second kappa shape index (κ2) is 11.7. The van der Waals surface area contributed by atoms with E-state index in [2.05, 4.69) is 26.9 Å². The average Bonchev–Trinajstić information content (AvgIpc) is 3.15. The van der Waals surface area contributed by atoms with Gasteiger partial charge >= 0.3 is 12.8 Å². The molecule has 12 heteroatoms. The third kappa shape index (κ3) is 7.62. The van der Waals surface area contributed by atoms with Crippen LogP contribution in [0.4, 0.5) is 22.0 Å². The van der Waals surface area contributed by atoms with E-state index in [0.29, 0.717) is 42.3 Å². The predicted octanol–water partition coefficient (Wildman–Crippen LogP) is 5.30. The summed E-state index contributed by atoms with van der Waals surface area (Å²) in [5.74, 6) is 0.00423. The summed E-state index contributed by atoms with van der Waals surface area (Å²) >= 11 is 0. The Balaban J connectivity index is 1.86. The summed E-state index contributed by atoms with van der Waals surface area (Å²) in [5, 5.41) is 13.5. The number of pyridine rings is 1. The first-order chi connectivity index (χ1) is 17.3. The van der Waals surface area contributed by atoms with Gasteiger partial charge in [0, 0.05) is 25.6 Å². The van der Waals surface area contributed by atoms with Crippen LogP contribution >= 0.6 is 0 Å². The number of aliphatic hydroxyl groups is 1. The molecule has 37 heavy (non-hydrogen) atoms. The average molecular weight is 533 g/mol. The maximum Gasteiger partial charge on any atom is 0.389 e. The van der Waals surface area contributed by atoms with Crippen LogP contribution < -0.4 is 10.1 Å². The molecule has 0 aliphatic heterocycles. The van der Waals surface area contributed by atoms with Crippen LogP contribution in [0.15, 0.2) is 12.3 Å². The van der Waals surface area contributed by atoms with Crippen LogP contribution in [-0.4, -0.2) is 50.5 Å². The van der Waals surface area contributed by atoms with Gasteiger partial charge in [-0.1, -0.05) is 13.8 Å². The van der Waals surface area contributed by atoms with Gasteiger partial charge in [-0.05, 0) is 63.0 Å². The molecule has 1 aliphatic rings. The minimum atomic E-state index is -4.32. The third-order valence-electron chi connectivity index (χ3n) is 6.73. The van der Waals surface area contributed by atoms with E-state index in [4.69, 9.17) is 0 Å². The summed E-state index contributed by atoms with van der Waals surface area (Å²) in [5.41, 5.74) is -0.292. The smallest absolute Gasteiger partial charge is 0.389 e. The fourth-order valence-corrected chi connectivity index (χ4v) is 4.56. The molecule has 0 saturated heterocycles. The van der Waals surface area contributed by atoms with Gasteiger partial charge < -0.3 is 15.2 Å². The molecule has 206 valence electrons. The van der Waals surface area contributed by atoms with E-state index in [1.807, 2.05) is 0 Å². The van der Waals surface area contributed by atoms with E-state index < -0.39 is 30.7 Å². The quantitative estimate of drug-likeness (QED) is 0.406. The second-order valence-corrected chi connectivity index (χ2v) is 9.75. The monoisotopic (exact) mass is 532 g/mol. The molecule has 7 nitrogen and oxygen atoms in total. The summed E-state index contributed by atoms with van der Waals surface area (Å²) < 4.78 is 70.0. The van der Waals surface area contributed by atoms with Crippen LogP contribution in [0.3, 0.4) is 0 Å². The van der Waals surface area contributed by atoms with Crippen LogP contribution in [0.2, 0.25) is 0 Å². The van der Waals surface area contributed by atoms with E-state index in [0.717, 1.165) is 12.8 Å².